The van der Waals surface area contributed by atoms with Crippen LogP contribution in [0.3, 0.4) is 0 Å². The molecule has 0 fully saturated rings. The second-order valence-electron chi connectivity index (χ2n) is 10.7. The van der Waals surface area contributed by atoms with Crippen LogP contribution in [0.2, 0.25) is 0 Å². The van der Waals surface area contributed by atoms with Gasteiger partial charge in [-0.2, -0.15) is 0 Å². The van der Waals surface area contributed by atoms with Crippen molar-refractivity contribution < 1.29 is 8.83 Å². The van der Waals surface area contributed by atoms with E-state index >= 15 is 0 Å². The van der Waals surface area contributed by atoms with Gasteiger partial charge in [0.25, 0.3) is 0 Å². The van der Waals surface area contributed by atoms with Gasteiger partial charge in [-0.25, -0.2) is 9.97 Å². The molecule has 0 spiro atoms. The van der Waals surface area contributed by atoms with Crippen molar-refractivity contribution >= 4 is 72.1 Å². The summed E-state index contributed by atoms with van der Waals surface area (Å²) in [6, 6.07) is 45.7. The number of para-hydroxylation sites is 2. The van der Waals surface area contributed by atoms with Crippen molar-refractivity contribution in [3.05, 3.63) is 140 Å². The number of hydrogen-bond donors (Lipinski definition) is 0. The van der Waals surface area contributed by atoms with Crippen LogP contribution in [0.25, 0.3) is 66.0 Å². The molecule has 0 radical (unpaired) electrons. The minimum Gasteiger partial charge on any atom is -0.454 e. The zero-order chi connectivity index (χ0) is 28.3. The van der Waals surface area contributed by atoms with Crippen LogP contribution in [0.15, 0.2) is 148 Å². The van der Waals surface area contributed by atoms with Gasteiger partial charge in [-0.3, -0.25) is 4.90 Å². The summed E-state index contributed by atoms with van der Waals surface area (Å²) >= 11 is 0. The monoisotopic (exact) mass is 553 g/mol. The highest BCUT2D eigenvalue weighted by molar-refractivity contribution is 6.07. The van der Waals surface area contributed by atoms with Crippen LogP contribution >= 0.6 is 0 Å². The Morgan fingerprint density at radius 2 is 1.23 bits per heavy atom. The van der Waals surface area contributed by atoms with Crippen molar-refractivity contribution in [2.24, 2.45) is 0 Å². The number of fused-ring (bicyclic) bond motifs is 7. The fourth-order valence-corrected chi connectivity index (χ4v) is 6.12. The zero-order valence-corrected chi connectivity index (χ0v) is 22.9. The van der Waals surface area contributed by atoms with E-state index in [9.17, 15) is 0 Å². The van der Waals surface area contributed by atoms with Gasteiger partial charge in [0, 0.05) is 16.5 Å². The van der Waals surface area contributed by atoms with Gasteiger partial charge in [0.2, 0.25) is 5.71 Å². The van der Waals surface area contributed by atoms with E-state index < -0.39 is 0 Å². The Kier molecular flexibility index (Phi) is 5.13. The maximum Gasteiger partial charge on any atom is 0.227 e. The predicted octanol–water partition coefficient (Wildman–Crippen LogP) is 10.6. The summed E-state index contributed by atoms with van der Waals surface area (Å²) in [6.45, 7) is 0. The molecule has 5 nitrogen and oxygen atoms in total. The lowest BCUT2D eigenvalue weighted by Gasteiger charge is -2.25. The summed E-state index contributed by atoms with van der Waals surface area (Å²) in [5, 5.41) is 5.30. The van der Waals surface area contributed by atoms with Crippen molar-refractivity contribution in [1.29, 1.82) is 0 Å². The second kappa shape index (κ2) is 9.29. The highest BCUT2D eigenvalue weighted by Crippen LogP contribution is 2.42. The van der Waals surface area contributed by atoms with Gasteiger partial charge in [-0.1, -0.05) is 84.9 Å². The summed E-state index contributed by atoms with van der Waals surface area (Å²) in [5.74, 6) is 0.766. The Morgan fingerprint density at radius 3 is 2.09 bits per heavy atom. The first kappa shape index (κ1) is 23.7. The van der Waals surface area contributed by atoms with Gasteiger partial charge in [0.1, 0.15) is 22.5 Å². The third-order valence-corrected chi connectivity index (χ3v) is 8.10. The van der Waals surface area contributed by atoms with Crippen LogP contribution in [0.4, 0.5) is 17.2 Å². The molecule has 0 atom stereocenters. The Bertz CT molecular complexity index is 2360. The standard InChI is InChI=1S/C38H23N3O2/c1-2-10-24(11-3-1)31-21-26(20-25-12-4-5-13-28(25)31)41(27-22-32-29-14-6-8-16-33(29)43-38(32)39-23-27)36-19-18-35-37(40-36)30-15-7-9-17-34(30)42-35/h1-23H. The van der Waals surface area contributed by atoms with E-state index in [1.54, 1.807) is 0 Å². The van der Waals surface area contributed by atoms with Gasteiger partial charge in [-0.05, 0) is 70.4 Å². The number of hydrogen-bond acceptors (Lipinski definition) is 5. The number of benzene rings is 5. The summed E-state index contributed by atoms with van der Waals surface area (Å²) in [7, 11) is 0. The molecular weight excluding hydrogens is 530 g/mol. The quantitative estimate of drug-likeness (QED) is 0.217. The summed E-state index contributed by atoms with van der Waals surface area (Å²) in [4.78, 5) is 12.2. The molecule has 0 bridgehead atoms. The molecule has 0 N–H and O–H groups in total. The van der Waals surface area contributed by atoms with Crippen molar-refractivity contribution in [1.82, 2.24) is 9.97 Å². The molecule has 202 valence electrons. The smallest absolute Gasteiger partial charge is 0.227 e. The molecule has 5 heteroatoms. The van der Waals surface area contributed by atoms with Gasteiger partial charge in [-0.15, -0.1) is 0 Å². The van der Waals surface area contributed by atoms with Crippen molar-refractivity contribution in [3.63, 3.8) is 0 Å². The summed E-state index contributed by atoms with van der Waals surface area (Å²) in [5.41, 5.74) is 7.98. The highest BCUT2D eigenvalue weighted by Gasteiger charge is 2.21. The number of pyridine rings is 2. The molecule has 0 saturated heterocycles. The van der Waals surface area contributed by atoms with Crippen LogP contribution in [0.1, 0.15) is 0 Å². The number of furan rings is 2. The largest absolute Gasteiger partial charge is 0.454 e. The fourth-order valence-electron chi connectivity index (χ4n) is 6.12. The van der Waals surface area contributed by atoms with Gasteiger partial charge in [0.05, 0.1) is 17.3 Å². The SMILES string of the molecule is c1ccc(-c2cc(N(c3cnc4oc5ccccc5c4c3)c3ccc4oc5ccccc5c4n3)cc3ccccc23)cc1. The van der Waals surface area contributed by atoms with Crippen LogP contribution in [0, 0.1) is 0 Å². The molecule has 4 aromatic heterocycles. The van der Waals surface area contributed by atoms with Crippen LogP contribution in [-0.2, 0) is 0 Å². The normalized spacial score (nSPS) is 11.7. The molecule has 4 heterocycles. The van der Waals surface area contributed by atoms with Gasteiger partial charge < -0.3 is 8.83 Å². The van der Waals surface area contributed by atoms with E-state index in [4.69, 9.17) is 18.8 Å². The molecule has 9 rings (SSSR count). The van der Waals surface area contributed by atoms with Crippen molar-refractivity contribution in [3.8, 4) is 11.1 Å². The van der Waals surface area contributed by atoms with Crippen LogP contribution in [-0.4, -0.2) is 9.97 Å². The third-order valence-electron chi connectivity index (χ3n) is 8.10. The first-order valence-corrected chi connectivity index (χ1v) is 14.2. The van der Waals surface area contributed by atoms with E-state index in [1.165, 1.54) is 5.39 Å². The third kappa shape index (κ3) is 3.79. The topological polar surface area (TPSA) is 55.3 Å². The van der Waals surface area contributed by atoms with E-state index in [2.05, 4.69) is 83.8 Å². The number of anilines is 3. The van der Waals surface area contributed by atoms with E-state index in [0.29, 0.717) is 5.71 Å². The average molecular weight is 554 g/mol. The maximum absolute atomic E-state index is 6.12. The Hall–Kier alpha value is -5.94. The van der Waals surface area contributed by atoms with Crippen molar-refractivity contribution in [2.45, 2.75) is 0 Å². The molecule has 0 aliphatic heterocycles. The lowest BCUT2D eigenvalue weighted by molar-refractivity contribution is 0.654. The van der Waals surface area contributed by atoms with E-state index in [-0.39, 0.29) is 0 Å². The minimum absolute atomic E-state index is 0.609. The molecular formula is C38H23N3O2. The van der Waals surface area contributed by atoms with Gasteiger partial charge >= 0.3 is 0 Å². The molecule has 0 aliphatic carbocycles. The first-order chi connectivity index (χ1) is 21.3. The van der Waals surface area contributed by atoms with Crippen LogP contribution < -0.4 is 4.90 Å². The molecule has 0 amide bonds. The second-order valence-corrected chi connectivity index (χ2v) is 10.7. The summed E-state index contributed by atoms with van der Waals surface area (Å²) < 4.78 is 12.2. The van der Waals surface area contributed by atoms with E-state index in [0.717, 1.165) is 72.1 Å². The van der Waals surface area contributed by atoms with Crippen molar-refractivity contribution in [2.75, 3.05) is 4.90 Å². The fraction of sp³-hybridized carbons (Fsp3) is 0. The van der Waals surface area contributed by atoms with E-state index in [1.807, 2.05) is 60.8 Å². The molecule has 0 aliphatic rings. The zero-order valence-electron chi connectivity index (χ0n) is 22.9. The number of nitrogens with zero attached hydrogens (tertiary/aromatic N) is 3. The number of rotatable bonds is 4. The number of aromatic nitrogens is 2. The molecule has 43 heavy (non-hydrogen) atoms. The van der Waals surface area contributed by atoms with Gasteiger partial charge in [0.15, 0.2) is 5.58 Å². The molecule has 9 aromatic rings. The molecule has 0 unspecified atom stereocenters. The minimum atomic E-state index is 0.609. The van der Waals surface area contributed by atoms with Crippen LogP contribution in [0.5, 0.6) is 0 Å². The lowest BCUT2D eigenvalue weighted by Crippen LogP contribution is -2.12. The average Bonchev–Trinajstić information content (AvgIpc) is 3.63. The maximum atomic E-state index is 6.12. The first-order valence-electron chi connectivity index (χ1n) is 14.2. The Labute approximate surface area is 246 Å². The predicted molar refractivity (Wildman–Crippen MR) is 174 cm³/mol. The lowest BCUT2D eigenvalue weighted by atomic mass is 9.97. The Morgan fingerprint density at radius 1 is 0.512 bits per heavy atom. The summed E-state index contributed by atoms with van der Waals surface area (Å²) in [6.07, 6.45) is 1.86. The molecule has 5 aromatic carbocycles. The highest BCUT2D eigenvalue weighted by atomic mass is 16.3. The Balaban J connectivity index is 1.34. The molecule has 0 saturated carbocycles.